The molecule has 0 saturated heterocycles. The third-order valence-corrected chi connectivity index (χ3v) is 4.33. The van der Waals surface area contributed by atoms with Crippen LogP contribution >= 0.6 is 0 Å². The average molecular weight is 322 g/mol. The van der Waals surface area contributed by atoms with Crippen molar-refractivity contribution in [1.82, 2.24) is 10.2 Å². The zero-order valence-electron chi connectivity index (χ0n) is 14.5. The Kier molecular flexibility index (Phi) is 9.25. The summed E-state index contributed by atoms with van der Waals surface area (Å²) in [4.78, 5) is 35.6. The fourth-order valence-corrected chi connectivity index (χ4v) is 2.52. The molecule has 5 heteroatoms. The second-order valence-electron chi connectivity index (χ2n) is 6.33. The van der Waals surface area contributed by atoms with Gasteiger partial charge in [-0.2, -0.15) is 0 Å². The van der Waals surface area contributed by atoms with E-state index in [0.29, 0.717) is 13.0 Å². The van der Waals surface area contributed by atoms with Gasteiger partial charge in [0.05, 0.1) is 0 Å². The zero-order valence-corrected chi connectivity index (χ0v) is 14.5. The van der Waals surface area contributed by atoms with Crippen molar-refractivity contribution in [3.8, 4) is 0 Å². The summed E-state index contributed by atoms with van der Waals surface area (Å²) >= 11 is 0. The number of carbonyl (C=O) groups is 3. The quantitative estimate of drug-likeness (QED) is 0.444. The first-order chi connectivity index (χ1) is 11.0. The van der Waals surface area contributed by atoms with Crippen molar-refractivity contribution in [2.24, 2.45) is 5.92 Å². The van der Waals surface area contributed by atoms with Gasteiger partial charge in [0.2, 0.25) is 5.91 Å². The van der Waals surface area contributed by atoms with Gasteiger partial charge in [0.25, 0.3) is 11.8 Å². The molecule has 23 heavy (non-hydrogen) atoms. The van der Waals surface area contributed by atoms with E-state index in [1.165, 1.54) is 36.3 Å². The third kappa shape index (κ3) is 7.95. The summed E-state index contributed by atoms with van der Waals surface area (Å²) in [7, 11) is 0. The molecule has 1 aliphatic heterocycles. The lowest BCUT2D eigenvalue weighted by Crippen LogP contribution is -2.30. The number of hydrogen-bond acceptors (Lipinski definition) is 3. The lowest BCUT2D eigenvalue weighted by atomic mass is 10.0. The molecule has 0 saturated carbocycles. The highest BCUT2D eigenvalue weighted by Gasteiger charge is 2.22. The van der Waals surface area contributed by atoms with Crippen LogP contribution in [0.25, 0.3) is 0 Å². The van der Waals surface area contributed by atoms with Crippen LogP contribution in [0.1, 0.15) is 65.2 Å². The molecule has 1 rings (SSSR count). The Balaban J connectivity index is 1.94. The number of amides is 3. The first-order valence-corrected chi connectivity index (χ1v) is 8.84. The van der Waals surface area contributed by atoms with E-state index in [4.69, 9.17) is 0 Å². The molecule has 0 spiro atoms. The smallest absolute Gasteiger partial charge is 0.253 e. The number of rotatable bonds is 12. The maximum absolute atomic E-state index is 11.7. The molecule has 1 N–H and O–H groups in total. The van der Waals surface area contributed by atoms with Crippen LogP contribution in [0, 0.1) is 5.92 Å². The zero-order chi connectivity index (χ0) is 17.1. The van der Waals surface area contributed by atoms with Gasteiger partial charge in [-0.25, -0.2) is 0 Å². The van der Waals surface area contributed by atoms with Gasteiger partial charge < -0.3 is 5.32 Å². The van der Waals surface area contributed by atoms with Crippen LogP contribution in [0.5, 0.6) is 0 Å². The molecule has 0 fully saturated rings. The fourth-order valence-electron chi connectivity index (χ4n) is 2.52. The van der Waals surface area contributed by atoms with Crippen LogP contribution in [-0.2, 0) is 14.4 Å². The molecule has 1 unspecified atom stereocenters. The van der Waals surface area contributed by atoms with E-state index >= 15 is 0 Å². The van der Waals surface area contributed by atoms with Crippen LogP contribution in [0.4, 0.5) is 0 Å². The Morgan fingerprint density at radius 1 is 1.09 bits per heavy atom. The highest BCUT2D eigenvalue weighted by atomic mass is 16.2. The van der Waals surface area contributed by atoms with Gasteiger partial charge in [-0.05, 0) is 25.2 Å². The minimum Gasteiger partial charge on any atom is -0.356 e. The Bertz CT molecular complexity index is 414. The first kappa shape index (κ1) is 19.4. The maximum Gasteiger partial charge on any atom is 0.253 e. The molecule has 3 amide bonds. The van der Waals surface area contributed by atoms with Gasteiger partial charge in [0.15, 0.2) is 0 Å². The molecule has 0 aromatic carbocycles. The molecular formula is C18H30N2O3. The molecular weight excluding hydrogens is 292 g/mol. The van der Waals surface area contributed by atoms with E-state index < -0.39 is 0 Å². The maximum atomic E-state index is 11.7. The van der Waals surface area contributed by atoms with Gasteiger partial charge >= 0.3 is 0 Å². The summed E-state index contributed by atoms with van der Waals surface area (Å²) in [5, 5.41) is 2.95. The summed E-state index contributed by atoms with van der Waals surface area (Å²) < 4.78 is 0. The van der Waals surface area contributed by atoms with E-state index in [2.05, 4.69) is 19.2 Å². The van der Waals surface area contributed by atoms with Gasteiger partial charge in [0.1, 0.15) is 0 Å². The lowest BCUT2D eigenvalue weighted by molar-refractivity contribution is -0.136. The summed E-state index contributed by atoms with van der Waals surface area (Å²) in [5.41, 5.74) is 0. The van der Waals surface area contributed by atoms with E-state index in [-0.39, 0.29) is 17.7 Å². The van der Waals surface area contributed by atoms with Crippen molar-refractivity contribution >= 4 is 17.7 Å². The summed E-state index contributed by atoms with van der Waals surface area (Å²) in [5.74, 6) is 0.411. The summed E-state index contributed by atoms with van der Waals surface area (Å²) in [6, 6.07) is 0. The second kappa shape index (κ2) is 11.0. The molecule has 1 heterocycles. The predicted octanol–water partition coefficient (Wildman–Crippen LogP) is 2.80. The van der Waals surface area contributed by atoms with Crippen molar-refractivity contribution in [3.05, 3.63) is 12.2 Å². The number of unbranched alkanes of at least 4 members (excludes halogenated alkanes) is 3. The monoisotopic (exact) mass is 322 g/mol. The standard InChI is InChI=1S/C18H30N2O3/c1-3-15(2)9-6-7-13-19-16(21)10-5-4-8-14-20-17(22)11-12-18(20)23/h11-12,15H,3-10,13-14H2,1-2H3,(H,19,21). The van der Waals surface area contributed by atoms with E-state index in [1.54, 1.807) is 0 Å². The largest absolute Gasteiger partial charge is 0.356 e. The molecule has 0 aliphatic carbocycles. The summed E-state index contributed by atoms with van der Waals surface area (Å²) in [6.45, 7) is 5.68. The Morgan fingerprint density at radius 3 is 2.43 bits per heavy atom. The minimum absolute atomic E-state index is 0.100. The highest BCUT2D eigenvalue weighted by Crippen LogP contribution is 2.10. The van der Waals surface area contributed by atoms with Crippen molar-refractivity contribution in [2.75, 3.05) is 13.1 Å². The number of nitrogens with zero attached hydrogens (tertiary/aromatic N) is 1. The SMILES string of the molecule is CCC(C)CCCCNC(=O)CCCCCN1C(=O)C=CC1=O. The van der Waals surface area contributed by atoms with Crippen molar-refractivity contribution in [2.45, 2.75) is 65.2 Å². The number of carbonyl (C=O) groups excluding carboxylic acids is 3. The van der Waals surface area contributed by atoms with Crippen LogP contribution < -0.4 is 5.32 Å². The molecule has 0 aromatic rings. The highest BCUT2D eigenvalue weighted by molar-refractivity contribution is 6.12. The topological polar surface area (TPSA) is 66.5 Å². The van der Waals surface area contributed by atoms with Crippen LogP contribution in [0.15, 0.2) is 12.2 Å². The van der Waals surface area contributed by atoms with E-state index in [1.807, 2.05) is 0 Å². The first-order valence-electron chi connectivity index (χ1n) is 8.84. The third-order valence-electron chi connectivity index (χ3n) is 4.33. The molecule has 1 aliphatic rings. The lowest BCUT2D eigenvalue weighted by Gasteiger charge is -2.13. The predicted molar refractivity (Wildman–Crippen MR) is 90.6 cm³/mol. The number of imide groups is 1. The van der Waals surface area contributed by atoms with Crippen LogP contribution in [0.2, 0.25) is 0 Å². The van der Waals surface area contributed by atoms with Crippen molar-refractivity contribution in [3.63, 3.8) is 0 Å². The number of hydrogen-bond donors (Lipinski definition) is 1. The van der Waals surface area contributed by atoms with Gasteiger partial charge in [-0.3, -0.25) is 19.3 Å². The molecule has 1 atom stereocenters. The molecule has 0 aromatic heterocycles. The van der Waals surface area contributed by atoms with Crippen molar-refractivity contribution in [1.29, 1.82) is 0 Å². The van der Waals surface area contributed by atoms with Gasteiger partial charge in [0, 0.05) is 31.7 Å². The molecule has 130 valence electrons. The van der Waals surface area contributed by atoms with Gasteiger partial charge in [-0.1, -0.05) is 39.5 Å². The van der Waals surface area contributed by atoms with Crippen molar-refractivity contribution < 1.29 is 14.4 Å². The average Bonchev–Trinajstić information content (AvgIpc) is 2.85. The Hall–Kier alpha value is -1.65. The Morgan fingerprint density at radius 2 is 1.78 bits per heavy atom. The fraction of sp³-hybridized carbons (Fsp3) is 0.722. The van der Waals surface area contributed by atoms with E-state index in [0.717, 1.165) is 38.1 Å². The van der Waals surface area contributed by atoms with Crippen LogP contribution in [-0.4, -0.2) is 35.7 Å². The molecule has 5 nitrogen and oxygen atoms in total. The number of nitrogens with one attached hydrogen (secondary N) is 1. The normalized spacial score (nSPS) is 15.3. The molecule has 0 radical (unpaired) electrons. The van der Waals surface area contributed by atoms with Crippen LogP contribution in [0.3, 0.4) is 0 Å². The Labute approximate surface area is 139 Å². The molecule has 0 bridgehead atoms. The second-order valence-corrected chi connectivity index (χ2v) is 6.33. The van der Waals surface area contributed by atoms with Gasteiger partial charge in [-0.15, -0.1) is 0 Å². The van der Waals surface area contributed by atoms with E-state index in [9.17, 15) is 14.4 Å². The summed E-state index contributed by atoms with van der Waals surface area (Å²) in [6.07, 6.45) is 10.2. The minimum atomic E-state index is -0.231.